The van der Waals surface area contributed by atoms with Crippen molar-refractivity contribution in [3.8, 4) is 0 Å². The molecule has 2 heterocycles. The van der Waals surface area contributed by atoms with E-state index in [0.29, 0.717) is 0 Å². The van der Waals surface area contributed by atoms with Gasteiger partial charge in [-0.3, -0.25) is 9.59 Å². The number of carboxylic acids is 1. The minimum atomic E-state index is -0.729. The first kappa shape index (κ1) is 11.4. The van der Waals surface area contributed by atoms with E-state index in [4.69, 9.17) is 5.11 Å². The summed E-state index contributed by atoms with van der Waals surface area (Å²) in [6.45, 7) is 3.06. The molecule has 1 amide bonds. The number of carbonyl (C=O) groups excluding carboxylic acids is 1. The minimum absolute atomic E-state index is 0.163. The van der Waals surface area contributed by atoms with E-state index < -0.39 is 5.97 Å². The number of hydrogen-bond donors (Lipinski definition) is 2. The zero-order valence-corrected chi connectivity index (χ0v) is 9.32. The van der Waals surface area contributed by atoms with Crippen LogP contribution in [0.1, 0.15) is 19.3 Å². The summed E-state index contributed by atoms with van der Waals surface area (Å²) >= 11 is 0. The lowest BCUT2D eigenvalue weighted by Gasteiger charge is -2.36. The first-order valence-electron chi connectivity index (χ1n) is 5.88. The molecule has 2 fully saturated rings. The molecule has 0 unspecified atom stereocenters. The van der Waals surface area contributed by atoms with Crippen molar-refractivity contribution < 1.29 is 14.7 Å². The smallest absolute Gasteiger partial charge is 0.303 e. The van der Waals surface area contributed by atoms with Crippen molar-refractivity contribution in [1.29, 1.82) is 0 Å². The van der Waals surface area contributed by atoms with E-state index in [1.165, 1.54) is 0 Å². The summed E-state index contributed by atoms with van der Waals surface area (Å²) in [5, 5.41) is 11.8. The van der Waals surface area contributed by atoms with Crippen molar-refractivity contribution in [2.45, 2.75) is 19.3 Å². The Morgan fingerprint density at radius 1 is 1.25 bits per heavy atom. The van der Waals surface area contributed by atoms with Crippen molar-refractivity contribution in [2.24, 2.45) is 11.8 Å². The highest BCUT2D eigenvalue weighted by Gasteiger charge is 2.31. The second-order valence-electron chi connectivity index (χ2n) is 4.72. The summed E-state index contributed by atoms with van der Waals surface area (Å²) in [6, 6.07) is 0. The predicted octanol–water partition coefficient (Wildman–Crippen LogP) is -0.0809. The molecule has 2 saturated heterocycles. The van der Waals surface area contributed by atoms with Gasteiger partial charge >= 0.3 is 5.97 Å². The Hall–Kier alpha value is -1.10. The van der Waals surface area contributed by atoms with Gasteiger partial charge < -0.3 is 15.3 Å². The van der Waals surface area contributed by atoms with E-state index in [2.05, 4.69) is 5.32 Å². The van der Waals surface area contributed by atoms with E-state index >= 15 is 0 Å². The molecule has 0 atom stereocenters. The molecule has 0 saturated carbocycles. The number of piperidine rings is 1. The Balaban J connectivity index is 1.76. The van der Waals surface area contributed by atoms with Crippen LogP contribution in [0.2, 0.25) is 0 Å². The Labute approximate surface area is 94.8 Å². The third kappa shape index (κ3) is 2.52. The topological polar surface area (TPSA) is 69.6 Å². The van der Waals surface area contributed by atoms with Crippen LogP contribution >= 0.6 is 0 Å². The molecular weight excluding hydrogens is 208 g/mol. The summed E-state index contributed by atoms with van der Waals surface area (Å²) < 4.78 is 0. The highest BCUT2D eigenvalue weighted by Crippen LogP contribution is 2.22. The minimum Gasteiger partial charge on any atom is -0.481 e. The number of nitrogens with zero attached hydrogens (tertiary/aromatic N) is 1. The quantitative estimate of drug-likeness (QED) is 0.706. The Morgan fingerprint density at radius 3 is 2.31 bits per heavy atom. The van der Waals surface area contributed by atoms with Crippen molar-refractivity contribution in [3.63, 3.8) is 0 Å². The zero-order valence-electron chi connectivity index (χ0n) is 9.32. The molecule has 0 spiro atoms. The number of nitrogens with one attached hydrogen (secondary N) is 1. The van der Waals surface area contributed by atoms with Gasteiger partial charge in [0.25, 0.3) is 0 Å². The lowest BCUT2D eigenvalue weighted by molar-refractivity contribution is -0.140. The molecule has 5 heteroatoms. The molecule has 0 aromatic rings. The van der Waals surface area contributed by atoms with Crippen LogP contribution in [0.25, 0.3) is 0 Å². The fraction of sp³-hybridized carbons (Fsp3) is 0.818. The van der Waals surface area contributed by atoms with Crippen molar-refractivity contribution in [3.05, 3.63) is 0 Å². The molecular formula is C11H18N2O3. The lowest BCUT2D eigenvalue weighted by atomic mass is 9.92. The molecule has 0 aromatic carbocycles. The van der Waals surface area contributed by atoms with E-state index in [1.807, 2.05) is 4.90 Å². The molecule has 0 aromatic heterocycles. The number of hydrogen-bond acceptors (Lipinski definition) is 3. The number of amides is 1. The van der Waals surface area contributed by atoms with Gasteiger partial charge in [-0.2, -0.15) is 0 Å². The fourth-order valence-electron chi connectivity index (χ4n) is 2.33. The molecule has 2 N–H and O–H groups in total. The van der Waals surface area contributed by atoms with Gasteiger partial charge in [0.05, 0.1) is 5.92 Å². The molecule has 16 heavy (non-hydrogen) atoms. The van der Waals surface area contributed by atoms with E-state index in [-0.39, 0.29) is 24.2 Å². The number of likely N-dealkylation sites (tertiary alicyclic amines) is 1. The van der Waals surface area contributed by atoms with Crippen LogP contribution < -0.4 is 5.32 Å². The Morgan fingerprint density at radius 2 is 1.88 bits per heavy atom. The Bertz CT molecular complexity index is 281. The van der Waals surface area contributed by atoms with Gasteiger partial charge in [0.15, 0.2) is 0 Å². The van der Waals surface area contributed by atoms with Gasteiger partial charge in [0.2, 0.25) is 5.91 Å². The van der Waals surface area contributed by atoms with E-state index in [0.717, 1.165) is 39.0 Å². The van der Waals surface area contributed by atoms with E-state index in [9.17, 15) is 9.59 Å². The molecule has 5 nitrogen and oxygen atoms in total. The van der Waals surface area contributed by atoms with Crippen LogP contribution in [0.15, 0.2) is 0 Å². The lowest BCUT2D eigenvalue weighted by Crippen LogP contribution is -2.53. The summed E-state index contributed by atoms with van der Waals surface area (Å²) in [7, 11) is 0. The SMILES string of the molecule is O=C(O)CC1CCN(C(=O)C2CNC2)CC1. The third-order valence-corrected chi connectivity index (χ3v) is 3.52. The second kappa shape index (κ2) is 4.82. The zero-order chi connectivity index (χ0) is 11.5. The normalized spacial score (nSPS) is 22.9. The molecule has 0 aliphatic carbocycles. The van der Waals surface area contributed by atoms with Gasteiger partial charge in [-0.1, -0.05) is 0 Å². The van der Waals surface area contributed by atoms with Crippen molar-refractivity contribution in [1.82, 2.24) is 10.2 Å². The maximum Gasteiger partial charge on any atom is 0.303 e. The van der Waals surface area contributed by atoms with Crippen LogP contribution in [0.5, 0.6) is 0 Å². The van der Waals surface area contributed by atoms with Crippen molar-refractivity contribution >= 4 is 11.9 Å². The second-order valence-corrected chi connectivity index (χ2v) is 4.72. The molecule has 0 radical (unpaired) electrons. The third-order valence-electron chi connectivity index (χ3n) is 3.52. The van der Waals surface area contributed by atoms with Gasteiger partial charge in [0, 0.05) is 32.6 Å². The van der Waals surface area contributed by atoms with Gasteiger partial charge in [0.1, 0.15) is 0 Å². The molecule has 90 valence electrons. The molecule has 2 rings (SSSR count). The largest absolute Gasteiger partial charge is 0.481 e. The monoisotopic (exact) mass is 226 g/mol. The number of carbonyl (C=O) groups is 2. The van der Waals surface area contributed by atoms with Gasteiger partial charge in [-0.25, -0.2) is 0 Å². The molecule has 0 bridgehead atoms. The highest BCUT2D eigenvalue weighted by molar-refractivity contribution is 5.80. The first-order valence-corrected chi connectivity index (χ1v) is 5.88. The molecule has 2 aliphatic heterocycles. The van der Waals surface area contributed by atoms with Crippen LogP contribution in [0, 0.1) is 11.8 Å². The summed E-state index contributed by atoms with van der Waals surface area (Å²) in [4.78, 5) is 24.3. The molecule has 2 aliphatic rings. The van der Waals surface area contributed by atoms with Gasteiger partial charge in [-0.05, 0) is 18.8 Å². The summed E-state index contributed by atoms with van der Waals surface area (Å²) in [5.41, 5.74) is 0. The maximum atomic E-state index is 11.9. The van der Waals surface area contributed by atoms with Crippen LogP contribution in [0.3, 0.4) is 0 Å². The summed E-state index contributed by atoms with van der Waals surface area (Å²) in [6.07, 6.45) is 1.91. The predicted molar refractivity (Wildman–Crippen MR) is 57.9 cm³/mol. The number of carboxylic acid groups (broad SMARTS) is 1. The number of aliphatic carboxylic acids is 1. The highest BCUT2D eigenvalue weighted by atomic mass is 16.4. The summed E-state index contributed by atoms with van der Waals surface area (Å²) in [5.74, 6) is -0.0717. The van der Waals surface area contributed by atoms with Crippen LogP contribution in [0.4, 0.5) is 0 Å². The average molecular weight is 226 g/mol. The maximum absolute atomic E-state index is 11.9. The van der Waals surface area contributed by atoms with Gasteiger partial charge in [-0.15, -0.1) is 0 Å². The standard InChI is InChI=1S/C11H18N2O3/c14-10(15)5-8-1-3-13(4-2-8)11(16)9-6-12-7-9/h8-9,12H,1-7H2,(H,14,15). The van der Waals surface area contributed by atoms with Crippen LogP contribution in [-0.4, -0.2) is 48.1 Å². The van der Waals surface area contributed by atoms with Crippen molar-refractivity contribution in [2.75, 3.05) is 26.2 Å². The fourth-order valence-corrected chi connectivity index (χ4v) is 2.33. The Kier molecular flexibility index (Phi) is 3.43. The first-order chi connectivity index (χ1) is 7.66. The van der Waals surface area contributed by atoms with Crippen LogP contribution in [-0.2, 0) is 9.59 Å². The average Bonchev–Trinajstić information content (AvgIpc) is 2.15. The van der Waals surface area contributed by atoms with E-state index in [1.54, 1.807) is 0 Å². The number of rotatable bonds is 3.